The van der Waals surface area contributed by atoms with E-state index in [-0.39, 0.29) is 6.04 Å². The molecule has 0 aromatic heterocycles. The fraction of sp³-hybridized carbons (Fsp3) is 0.250. The molecule has 0 bridgehead atoms. The van der Waals surface area contributed by atoms with E-state index in [1.807, 2.05) is 38.1 Å². The Labute approximate surface area is 133 Å². The lowest BCUT2D eigenvalue weighted by Crippen LogP contribution is -2.17. The van der Waals surface area contributed by atoms with Gasteiger partial charge in [0.05, 0.1) is 5.02 Å². The van der Waals surface area contributed by atoms with Crippen LogP contribution in [0.15, 0.2) is 40.9 Å². The molecule has 0 aliphatic carbocycles. The third kappa shape index (κ3) is 3.98. The standard InChI is InChI=1S/C16H17BrClNO/c1-10-7-12(8-11(2)19)3-6-15(10)20-16-9-13(17)4-5-14(16)18/h3-7,9,11H,8,19H2,1-2H3. The van der Waals surface area contributed by atoms with Gasteiger partial charge in [0.25, 0.3) is 0 Å². The largest absolute Gasteiger partial charge is 0.455 e. The molecule has 2 nitrogen and oxygen atoms in total. The summed E-state index contributed by atoms with van der Waals surface area (Å²) in [5.41, 5.74) is 8.10. The normalized spacial score (nSPS) is 12.2. The molecule has 0 spiro atoms. The van der Waals surface area contributed by atoms with E-state index in [4.69, 9.17) is 22.1 Å². The van der Waals surface area contributed by atoms with Crippen LogP contribution in [-0.4, -0.2) is 6.04 Å². The molecule has 0 aliphatic heterocycles. The van der Waals surface area contributed by atoms with E-state index in [1.54, 1.807) is 6.07 Å². The van der Waals surface area contributed by atoms with Crippen LogP contribution in [0.3, 0.4) is 0 Å². The van der Waals surface area contributed by atoms with E-state index in [0.717, 1.165) is 22.2 Å². The van der Waals surface area contributed by atoms with Crippen LogP contribution in [0.2, 0.25) is 5.02 Å². The molecule has 0 saturated heterocycles. The molecule has 0 saturated carbocycles. The van der Waals surface area contributed by atoms with Gasteiger partial charge in [-0.15, -0.1) is 0 Å². The molecule has 1 unspecified atom stereocenters. The highest BCUT2D eigenvalue weighted by Crippen LogP contribution is 2.33. The first kappa shape index (κ1) is 15.4. The zero-order valence-corrected chi connectivity index (χ0v) is 13.8. The van der Waals surface area contributed by atoms with Crippen molar-refractivity contribution in [1.82, 2.24) is 0 Å². The van der Waals surface area contributed by atoms with E-state index >= 15 is 0 Å². The molecule has 0 radical (unpaired) electrons. The van der Waals surface area contributed by atoms with Crippen molar-refractivity contribution in [1.29, 1.82) is 0 Å². The summed E-state index contributed by atoms with van der Waals surface area (Å²) in [5, 5.41) is 0.590. The van der Waals surface area contributed by atoms with E-state index in [0.29, 0.717) is 10.8 Å². The van der Waals surface area contributed by atoms with Crippen LogP contribution in [0, 0.1) is 6.92 Å². The molecule has 2 aromatic carbocycles. The average molecular weight is 355 g/mol. The number of aryl methyl sites for hydroxylation is 1. The van der Waals surface area contributed by atoms with Crippen molar-refractivity contribution in [2.45, 2.75) is 26.3 Å². The highest BCUT2D eigenvalue weighted by Gasteiger charge is 2.07. The monoisotopic (exact) mass is 353 g/mol. The molecule has 2 rings (SSSR count). The lowest BCUT2D eigenvalue weighted by molar-refractivity contribution is 0.478. The van der Waals surface area contributed by atoms with Crippen molar-refractivity contribution < 1.29 is 4.74 Å². The van der Waals surface area contributed by atoms with E-state index < -0.39 is 0 Å². The number of hydrogen-bond acceptors (Lipinski definition) is 2. The number of ether oxygens (including phenoxy) is 1. The van der Waals surface area contributed by atoms with Crippen LogP contribution >= 0.6 is 27.5 Å². The Kier molecular flexibility index (Phi) is 5.08. The second-order valence-electron chi connectivity index (χ2n) is 4.96. The second kappa shape index (κ2) is 6.61. The van der Waals surface area contributed by atoms with E-state index in [2.05, 4.69) is 22.0 Å². The second-order valence-corrected chi connectivity index (χ2v) is 6.28. The number of hydrogen-bond donors (Lipinski definition) is 1. The van der Waals surface area contributed by atoms with Crippen LogP contribution in [0.25, 0.3) is 0 Å². The number of rotatable bonds is 4. The van der Waals surface area contributed by atoms with Gasteiger partial charge in [0.2, 0.25) is 0 Å². The first-order valence-electron chi connectivity index (χ1n) is 6.43. The molecule has 20 heavy (non-hydrogen) atoms. The van der Waals surface area contributed by atoms with Crippen molar-refractivity contribution in [2.75, 3.05) is 0 Å². The Morgan fingerprint density at radius 3 is 2.60 bits per heavy atom. The molecule has 4 heteroatoms. The summed E-state index contributed by atoms with van der Waals surface area (Å²) < 4.78 is 6.82. The zero-order valence-electron chi connectivity index (χ0n) is 11.5. The fourth-order valence-electron chi connectivity index (χ4n) is 2.00. The maximum Gasteiger partial charge on any atom is 0.147 e. The van der Waals surface area contributed by atoms with Crippen molar-refractivity contribution in [3.05, 3.63) is 57.0 Å². The van der Waals surface area contributed by atoms with Crippen molar-refractivity contribution >= 4 is 27.5 Å². The maximum absolute atomic E-state index is 6.14. The van der Waals surface area contributed by atoms with Gasteiger partial charge in [-0.05, 0) is 55.7 Å². The Morgan fingerprint density at radius 2 is 1.95 bits per heavy atom. The lowest BCUT2D eigenvalue weighted by atomic mass is 10.0. The molecule has 0 aliphatic rings. The summed E-state index contributed by atoms with van der Waals surface area (Å²) in [6.45, 7) is 4.02. The van der Waals surface area contributed by atoms with Gasteiger partial charge in [-0.25, -0.2) is 0 Å². The van der Waals surface area contributed by atoms with E-state index in [1.165, 1.54) is 5.56 Å². The first-order valence-corrected chi connectivity index (χ1v) is 7.61. The summed E-state index contributed by atoms with van der Waals surface area (Å²) in [6, 6.07) is 11.8. The summed E-state index contributed by atoms with van der Waals surface area (Å²) in [7, 11) is 0. The summed E-state index contributed by atoms with van der Waals surface area (Å²) >= 11 is 9.55. The molecule has 2 N–H and O–H groups in total. The quantitative estimate of drug-likeness (QED) is 0.829. The van der Waals surface area contributed by atoms with Crippen LogP contribution in [0.5, 0.6) is 11.5 Å². The Bertz CT molecular complexity index is 613. The molecule has 0 fully saturated rings. The minimum Gasteiger partial charge on any atom is -0.455 e. The lowest BCUT2D eigenvalue weighted by Gasteiger charge is -2.12. The van der Waals surface area contributed by atoms with Crippen molar-refractivity contribution in [2.24, 2.45) is 5.73 Å². The molecular weight excluding hydrogens is 338 g/mol. The Morgan fingerprint density at radius 1 is 1.20 bits per heavy atom. The van der Waals surface area contributed by atoms with Crippen molar-refractivity contribution in [3.8, 4) is 11.5 Å². The highest BCUT2D eigenvalue weighted by molar-refractivity contribution is 9.10. The van der Waals surface area contributed by atoms with Crippen molar-refractivity contribution in [3.63, 3.8) is 0 Å². The Balaban J connectivity index is 2.23. The van der Waals surface area contributed by atoms with Gasteiger partial charge < -0.3 is 10.5 Å². The summed E-state index contributed by atoms with van der Waals surface area (Å²) in [6.07, 6.45) is 0.860. The molecule has 1 atom stereocenters. The van der Waals surface area contributed by atoms with Gasteiger partial charge in [0.1, 0.15) is 11.5 Å². The number of halogens is 2. The molecular formula is C16H17BrClNO. The number of benzene rings is 2. The molecule has 0 amide bonds. The SMILES string of the molecule is Cc1cc(CC(C)N)ccc1Oc1cc(Br)ccc1Cl. The van der Waals surface area contributed by atoms with Crippen LogP contribution in [0.4, 0.5) is 0 Å². The van der Waals surface area contributed by atoms with E-state index in [9.17, 15) is 0 Å². The molecule has 0 heterocycles. The smallest absolute Gasteiger partial charge is 0.147 e. The van der Waals surface area contributed by atoms with Gasteiger partial charge in [-0.1, -0.05) is 39.7 Å². The van der Waals surface area contributed by atoms with Crippen LogP contribution in [-0.2, 0) is 6.42 Å². The minimum atomic E-state index is 0.153. The molecule has 106 valence electrons. The maximum atomic E-state index is 6.14. The van der Waals surface area contributed by atoms with Crippen LogP contribution < -0.4 is 10.5 Å². The van der Waals surface area contributed by atoms with Crippen LogP contribution in [0.1, 0.15) is 18.1 Å². The van der Waals surface area contributed by atoms with Gasteiger partial charge in [0.15, 0.2) is 0 Å². The minimum absolute atomic E-state index is 0.153. The average Bonchev–Trinajstić information content (AvgIpc) is 2.36. The predicted molar refractivity (Wildman–Crippen MR) is 87.8 cm³/mol. The Hall–Kier alpha value is -1.03. The molecule has 2 aromatic rings. The highest BCUT2D eigenvalue weighted by atomic mass is 79.9. The van der Waals surface area contributed by atoms with Gasteiger partial charge in [-0.3, -0.25) is 0 Å². The van der Waals surface area contributed by atoms with Gasteiger partial charge in [-0.2, -0.15) is 0 Å². The topological polar surface area (TPSA) is 35.2 Å². The third-order valence-electron chi connectivity index (χ3n) is 2.91. The van der Waals surface area contributed by atoms with Gasteiger partial charge in [0, 0.05) is 10.5 Å². The van der Waals surface area contributed by atoms with Gasteiger partial charge >= 0.3 is 0 Å². The summed E-state index contributed by atoms with van der Waals surface area (Å²) in [5.74, 6) is 1.45. The zero-order chi connectivity index (χ0) is 14.7. The fourth-order valence-corrected chi connectivity index (χ4v) is 2.49. The third-order valence-corrected chi connectivity index (χ3v) is 3.72. The summed E-state index contributed by atoms with van der Waals surface area (Å²) in [4.78, 5) is 0. The first-order chi connectivity index (χ1) is 9.45. The predicted octanol–water partition coefficient (Wildman–Crippen LogP) is 5.09. The number of nitrogens with two attached hydrogens (primary N) is 1.